The molecule has 0 bridgehead atoms. The Kier molecular flexibility index (Phi) is 5.70. The number of amidine groups is 1. The minimum Gasteiger partial charge on any atom is -0.390 e. The topological polar surface area (TPSA) is 99.9 Å². The van der Waals surface area contributed by atoms with Crippen LogP contribution in [0.5, 0.6) is 0 Å². The fourth-order valence-corrected chi connectivity index (χ4v) is 4.50. The number of nitrogens with one attached hydrogen (secondary N) is 1. The van der Waals surface area contributed by atoms with E-state index in [9.17, 15) is 14.7 Å². The van der Waals surface area contributed by atoms with Crippen LogP contribution in [0.1, 0.15) is 36.2 Å². The van der Waals surface area contributed by atoms with E-state index >= 15 is 0 Å². The van der Waals surface area contributed by atoms with E-state index in [4.69, 9.17) is 9.73 Å². The van der Waals surface area contributed by atoms with Crippen LogP contribution in [0.15, 0.2) is 81.4 Å². The Morgan fingerprint density at radius 3 is 2.52 bits per heavy atom. The fourth-order valence-electron chi connectivity index (χ4n) is 4.50. The van der Waals surface area contributed by atoms with Crippen LogP contribution in [0.3, 0.4) is 0 Å². The zero-order valence-corrected chi connectivity index (χ0v) is 18.3. The van der Waals surface area contributed by atoms with Gasteiger partial charge in [0.2, 0.25) is 0 Å². The molecular weight excluding hydrogens is 420 g/mol. The molecule has 0 saturated carbocycles. The van der Waals surface area contributed by atoms with Gasteiger partial charge in [-0.05, 0) is 24.6 Å². The lowest BCUT2D eigenvalue weighted by Crippen LogP contribution is -2.34. The molecule has 0 amide bonds. The Bertz CT molecular complexity index is 1270. The van der Waals surface area contributed by atoms with Crippen LogP contribution < -0.4 is 16.1 Å². The molecule has 4 atom stereocenters. The SMILES string of the molecule is Cc1cn([C@H]2C[C@H](O)[C@@H](CC3=NC(c4ccccc4)CN3c3ccccc3)O2)c(=O)[nH]c1=O. The van der Waals surface area contributed by atoms with Crippen LogP contribution in [0.2, 0.25) is 0 Å². The van der Waals surface area contributed by atoms with Crippen molar-refractivity contribution in [3.63, 3.8) is 0 Å². The van der Waals surface area contributed by atoms with Crippen molar-refractivity contribution in [1.29, 1.82) is 0 Å². The number of aromatic amines is 1. The first kappa shape index (κ1) is 21.4. The average Bonchev–Trinajstić information content (AvgIpc) is 3.41. The minimum atomic E-state index is -0.759. The Labute approximate surface area is 190 Å². The van der Waals surface area contributed by atoms with E-state index in [1.54, 1.807) is 6.92 Å². The van der Waals surface area contributed by atoms with Crippen LogP contribution in [0, 0.1) is 6.92 Å². The summed E-state index contributed by atoms with van der Waals surface area (Å²) in [5, 5.41) is 10.7. The Balaban J connectivity index is 1.40. The summed E-state index contributed by atoms with van der Waals surface area (Å²) in [4.78, 5) is 33.4. The number of anilines is 1. The first-order valence-electron chi connectivity index (χ1n) is 11.1. The molecule has 1 aromatic heterocycles. The molecule has 2 aromatic carbocycles. The predicted octanol–water partition coefficient (Wildman–Crippen LogP) is 2.54. The maximum absolute atomic E-state index is 12.3. The summed E-state index contributed by atoms with van der Waals surface area (Å²) in [7, 11) is 0. The van der Waals surface area contributed by atoms with Crippen LogP contribution in [-0.4, -0.2) is 39.2 Å². The van der Waals surface area contributed by atoms with Gasteiger partial charge in [-0.25, -0.2) is 4.79 Å². The molecule has 1 saturated heterocycles. The molecule has 8 heteroatoms. The second-order valence-corrected chi connectivity index (χ2v) is 8.53. The van der Waals surface area contributed by atoms with Gasteiger partial charge in [0.15, 0.2) is 0 Å². The van der Waals surface area contributed by atoms with E-state index in [1.165, 1.54) is 10.8 Å². The quantitative estimate of drug-likeness (QED) is 0.628. The van der Waals surface area contributed by atoms with Crippen molar-refractivity contribution in [2.24, 2.45) is 4.99 Å². The molecule has 3 heterocycles. The summed E-state index contributed by atoms with van der Waals surface area (Å²) < 4.78 is 7.45. The number of rotatable bonds is 5. The molecule has 2 N–H and O–H groups in total. The van der Waals surface area contributed by atoms with Gasteiger partial charge in [0.1, 0.15) is 12.1 Å². The van der Waals surface area contributed by atoms with E-state index in [0.717, 1.165) is 17.1 Å². The number of nitrogens with zero attached hydrogens (tertiary/aromatic N) is 3. The molecule has 0 radical (unpaired) electrons. The van der Waals surface area contributed by atoms with Crippen molar-refractivity contribution in [2.75, 3.05) is 11.4 Å². The summed E-state index contributed by atoms with van der Waals surface area (Å²) in [5.74, 6) is 0.838. The second-order valence-electron chi connectivity index (χ2n) is 8.53. The third-order valence-electron chi connectivity index (χ3n) is 6.27. The molecular formula is C25H26N4O4. The van der Waals surface area contributed by atoms with Gasteiger partial charge in [-0.2, -0.15) is 0 Å². The van der Waals surface area contributed by atoms with Gasteiger partial charge in [0, 0.05) is 30.3 Å². The second kappa shape index (κ2) is 8.80. The summed E-state index contributed by atoms with van der Waals surface area (Å²) >= 11 is 0. The molecule has 2 aliphatic rings. The number of hydrogen-bond acceptors (Lipinski definition) is 6. The number of H-pyrrole nitrogens is 1. The number of aliphatic hydroxyl groups excluding tert-OH is 1. The van der Waals surface area contributed by atoms with Gasteiger partial charge in [-0.3, -0.25) is 19.3 Å². The van der Waals surface area contributed by atoms with Crippen LogP contribution in [-0.2, 0) is 4.74 Å². The van der Waals surface area contributed by atoms with E-state index in [0.29, 0.717) is 18.5 Å². The van der Waals surface area contributed by atoms with Crippen molar-refractivity contribution >= 4 is 11.5 Å². The molecule has 0 spiro atoms. The van der Waals surface area contributed by atoms with Gasteiger partial charge in [0.25, 0.3) is 5.56 Å². The van der Waals surface area contributed by atoms with E-state index in [1.807, 2.05) is 48.5 Å². The predicted molar refractivity (Wildman–Crippen MR) is 126 cm³/mol. The standard InChI is InChI=1S/C25H26N4O4/c1-16-14-29(25(32)27-24(16)31)23-12-20(30)21(33-23)13-22-26-19(17-8-4-2-5-9-17)15-28(22)18-10-6-3-7-11-18/h2-11,14,19-21,23,30H,12-13,15H2,1H3,(H,27,31,32)/t19?,20-,21+,23+/m0/s1. The molecule has 0 aliphatic carbocycles. The van der Waals surface area contributed by atoms with Crippen molar-refractivity contribution in [2.45, 2.75) is 44.2 Å². The van der Waals surface area contributed by atoms with Crippen molar-refractivity contribution in [3.05, 3.63) is 98.8 Å². The summed E-state index contributed by atoms with van der Waals surface area (Å²) in [5.41, 5.74) is 1.62. The van der Waals surface area contributed by atoms with Gasteiger partial charge >= 0.3 is 5.69 Å². The summed E-state index contributed by atoms with van der Waals surface area (Å²) in [6.45, 7) is 2.33. The van der Waals surface area contributed by atoms with E-state index in [-0.39, 0.29) is 12.5 Å². The molecule has 170 valence electrons. The minimum absolute atomic E-state index is 0.0137. The number of hydrogen-bond donors (Lipinski definition) is 2. The number of aliphatic imine (C=N–C) groups is 1. The lowest BCUT2D eigenvalue weighted by molar-refractivity contribution is -0.0164. The lowest BCUT2D eigenvalue weighted by Gasteiger charge is -2.24. The van der Waals surface area contributed by atoms with Crippen molar-refractivity contribution in [1.82, 2.24) is 9.55 Å². The summed E-state index contributed by atoms with van der Waals surface area (Å²) in [6.07, 6.45) is 0.225. The maximum Gasteiger partial charge on any atom is 0.330 e. The normalized spacial score (nSPS) is 24.8. The van der Waals surface area contributed by atoms with Crippen LogP contribution in [0.25, 0.3) is 0 Å². The smallest absolute Gasteiger partial charge is 0.330 e. The monoisotopic (exact) mass is 446 g/mol. The highest BCUT2D eigenvalue weighted by Crippen LogP contribution is 2.34. The van der Waals surface area contributed by atoms with Crippen molar-refractivity contribution in [3.8, 4) is 0 Å². The zero-order chi connectivity index (χ0) is 22.9. The molecule has 2 aliphatic heterocycles. The molecule has 1 fully saturated rings. The molecule has 8 nitrogen and oxygen atoms in total. The molecule has 1 unspecified atom stereocenters. The first-order valence-corrected chi connectivity index (χ1v) is 11.1. The lowest BCUT2D eigenvalue weighted by atomic mass is 10.1. The van der Waals surface area contributed by atoms with Crippen LogP contribution in [0.4, 0.5) is 5.69 Å². The van der Waals surface area contributed by atoms with Crippen molar-refractivity contribution < 1.29 is 9.84 Å². The van der Waals surface area contributed by atoms with Crippen LogP contribution >= 0.6 is 0 Å². The van der Waals surface area contributed by atoms with Gasteiger partial charge in [-0.15, -0.1) is 0 Å². The number of para-hydroxylation sites is 1. The highest BCUT2D eigenvalue weighted by Gasteiger charge is 2.39. The number of benzene rings is 2. The molecule has 33 heavy (non-hydrogen) atoms. The Morgan fingerprint density at radius 2 is 1.79 bits per heavy atom. The Hall–Kier alpha value is -3.49. The van der Waals surface area contributed by atoms with Gasteiger partial charge < -0.3 is 14.7 Å². The zero-order valence-electron chi connectivity index (χ0n) is 18.3. The largest absolute Gasteiger partial charge is 0.390 e. The average molecular weight is 447 g/mol. The fraction of sp³-hybridized carbons (Fsp3) is 0.320. The molecule has 3 aromatic rings. The van der Waals surface area contributed by atoms with Gasteiger partial charge in [0.05, 0.1) is 24.8 Å². The molecule has 5 rings (SSSR count). The number of aromatic nitrogens is 2. The van der Waals surface area contributed by atoms with E-state index < -0.39 is 29.7 Å². The third-order valence-corrected chi connectivity index (χ3v) is 6.27. The highest BCUT2D eigenvalue weighted by atomic mass is 16.5. The van der Waals surface area contributed by atoms with Gasteiger partial charge in [-0.1, -0.05) is 48.5 Å². The summed E-state index contributed by atoms with van der Waals surface area (Å²) in [6, 6.07) is 20.2. The Morgan fingerprint density at radius 1 is 1.09 bits per heavy atom. The maximum atomic E-state index is 12.3. The number of ether oxygens (including phenoxy) is 1. The number of aryl methyl sites for hydroxylation is 1. The third kappa shape index (κ3) is 4.27. The highest BCUT2D eigenvalue weighted by molar-refractivity contribution is 6.00. The number of aliphatic hydroxyl groups is 1. The first-order chi connectivity index (χ1) is 16.0. The van der Waals surface area contributed by atoms with E-state index in [2.05, 4.69) is 22.0 Å².